The zero-order valence-electron chi connectivity index (χ0n) is 6.61. The first-order valence-corrected chi connectivity index (χ1v) is 4.28. The van der Waals surface area contributed by atoms with Crippen molar-refractivity contribution in [3.05, 3.63) is 0 Å². The second-order valence-corrected chi connectivity index (χ2v) is 3.39. The molecule has 0 aromatic rings. The van der Waals surface area contributed by atoms with Crippen molar-refractivity contribution in [3.63, 3.8) is 0 Å². The number of rotatable bonds is 2. The van der Waals surface area contributed by atoms with Gasteiger partial charge in [-0.05, 0) is 6.54 Å². The second kappa shape index (κ2) is 2.74. The molecule has 54 valence electrons. The summed E-state index contributed by atoms with van der Waals surface area (Å²) in [5.41, 5.74) is 0. The molecule has 0 aromatic carbocycles. The van der Waals surface area contributed by atoms with Gasteiger partial charge >= 0.3 is 0 Å². The Morgan fingerprint density at radius 1 is 1.33 bits per heavy atom. The predicted octanol–water partition coefficient (Wildman–Crippen LogP) is 1.96. The molecule has 1 aliphatic rings. The van der Waals surface area contributed by atoms with Crippen molar-refractivity contribution in [1.29, 1.82) is 0 Å². The van der Waals surface area contributed by atoms with Gasteiger partial charge in [0.15, 0.2) is 0 Å². The first-order valence-electron chi connectivity index (χ1n) is 4.28. The molecule has 0 amide bonds. The van der Waals surface area contributed by atoms with Crippen LogP contribution in [0.15, 0.2) is 0 Å². The summed E-state index contributed by atoms with van der Waals surface area (Å²) in [6.45, 7) is 5.88. The van der Waals surface area contributed by atoms with Gasteiger partial charge in [-0.15, -0.1) is 0 Å². The molecule has 0 bridgehead atoms. The molecule has 1 N–H and O–H groups in total. The quantitative estimate of drug-likeness (QED) is 0.557. The normalized spacial score (nSPS) is 24.7. The van der Waals surface area contributed by atoms with E-state index in [0.29, 0.717) is 0 Å². The Kier molecular flexibility index (Phi) is 2.17. The highest BCUT2D eigenvalue weighted by atomic mass is 14.8. The molecule has 0 aromatic heterocycles. The standard InChI is InChI=1S/C7H17BN/c1-3-8(4-2)6-5-7-9-8/h9H,3-7H2,1-2H3/q-1. The van der Waals surface area contributed by atoms with Crippen LogP contribution in [0.3, 0.4) is 0 Å². The highest BCUT2D eigenvalue weighted by Gasteiger charge is 2.23. The first kappa shape index (κ1) is 7.14. The van der Waals surface area contributed by atoms with Gasteiger partial charge < -0.3 is 5.23 Å². The maximum absolute atomic E-state index is 3.63. The van der Waals surface area contributed by atoms with Crippen molar-refractivity contribution >= 4 is 6.28 Å². The highest BCUT2D eigenvalue weighted by molar-refractivity contribution is 6.77. The summed E-state index contributed by atoms with van der Waals surface area (Å²) in [5, 5.41) is 3.63. The minimum Gasteiger partial charge on any atom is -0.488 e. The number of hydrogen-bond donors (Lipinski definition) is 1. The lowest BCUT2D eigenvalue weighted by Crippen LogP contribution is -2.43. The maximum Gasteiger partial charge on any atom is 0.0587 e. The summed E-state index contributed by atoms with van der Waals surface area (Å²) < 4.78 is 0. The van der Waals surface area contributed by atoms with E-state index in [1.54, 1.807) is 0 Å². The van der Waals surface area contributed by atoms with Gasteiger partial charge in [0.2, 0.25) is 0 Å². The first-order chi connectivity index (χ1) is 4.33. The van der Waals surface area contributed by atoms with Gasteiger partial charge in [-0.1, -0.05) is 20.3 Å². The fourth-order valence-corrected chi connectivity index (χ4v) is 1.99. The van der Waals surface area contributed by atoms with Crippen LogP contribution in [-0.2, 0) is 0 Å². The van der Waals surface area contributed by atoms with Gasteiger partial charge in [-0.25, -0.2) is 0 Å². The van der Waals surface area contributed by atoms with Crippen LogP contribution in [0.2, 0.25) is 19.0 Å². The zero-order valence-corrected chi connectivity index (χ0v) is 6.61. The van der Waals surface area contributed by atoms with Crippen LogP contribution >= 0.6 is 0 Å². The third-order valence-electron chi connectivity index (χ3n) is 3.07. The van der Waals surface area contributed by atoms with E-state index in [-0.39, 0.29) is 6.28 Å². The lowest BCUT2D eigenvalue weighted by atomic mass is 9.31. The van der Waals surface area contributed by atoms with E-state index in [9.17, 15) is 0 Å². The summed E-state index contributed by atoms with van der Waals surface area (Å²) in [5.74, 6) is 0. The fourth-order valence-electron chi connectivity index (χ4n) is 1.99. The average molecular weight is 126 g/mol. The Morgan fingerprint density at radius 3 is 2.22 bits per heavy atom. The Labute approximate surface area is 58.2 Å². The van der Waals surface area contributed by atoms with Gasteiger partial charge in [-0.2, -0.15) is 19.0 Å². The molecule has 1 fully saturated rings. The van der Waals surface area contributed by atoms with Crippen LogP contribution in [0.25, 0.3) is 0 Å². The average Bonchev–Trinajstić information content (AvgIpc) is 2.36. The van der Waals surface area contributed by atoms with Crippen LogP contribution < -0.4 is 5.23 Å². The molecule has 0 radical (unpaired) electrons. The molecule has 0 unspecified atom stereocenters. The molecule has 1 nitrogen and oxygen atoms in total. The van der Waals surface area contributed by atoms with Crippen molar-refractivity contribution < 1.29 is 0 Å². The lowest BCUT2D eigenvalue weighted by molar-refractivity contribution is 0.924. The molecule has 0 aliphatic carbocycles. The van der Waals surface area contributed by atoms with E-state index in [4.69, 9.17) is 0 Å². The van der Waals surface area contributed by atoms with Crippen molar-refractivity contribution in [1.82, 2.24) is 5.23 Å². The smallest absolute Gasteiger partial charge is 0.0587 e. The molecular formula is C7H17BN-. The van der Waals surface area contributed by atoms with Crippen LogP contribution in [0.1, 0.15) is 20.3 Å². The second-order valence-electron chi connectivity index (χ2n) is 3.39. The van der Waals surface area contributed by atoms with Gasteiger partial charge in [0, 0.05) is 0 Å². The van der Waals surface area contributed by atoms with Crippen LogP contribution in [0.5, 0.6) is 0 Å². The van der Waals surface area contributed by atoms with E-state index in [1.807, 2.05) is 0 Å². The molecule has 0 saturated carbocycles. The molecule has 1 aliphatic heterocycles. The number of nitrogens with one attached hydrogen (secondary N) is 1. The molecule has 1 rings (SSSR count). The summed E-state index contributed by atoms with van der Waals surface area (Å²) in [7, 11) is 0. The topological polar surface area (TPSA) is 12.0 Å². The third kappa shape index (κ3) is 1.29. The lowest BCUT2D eigenvalue weighted by Gasteiger charge is -2.32. The van der Waals surface area contributed by atoms with E-state index in [0.717, 1.165) is 0 Å². The molecule has 9 heavy (non-hydrogen) atoms. The fraction of sp³-hybridized carbons (Fsp3) is 1.00. The largest absolute Gasteiger partial charge is 0.488 e. The van der Waals surface area contributed by atoms with Crippen LogP contribution in [0, 0.1) is 0 Å². The van der Waals surface area contributed by atoms with E-state index < -0.39 is 0 Å². The minimum absolute atomic E-state index is 0.0833. The maximum atomic E-state index is 3.63. The third-order valence-corrected chi connectivity index (χ3v) is 3.07. The van der Waals surface area contributed by atoms with E-state index in [2.05, 4.69) is 19.1 Å². The summed E-state index contributed by atoms with van der Waals surface area (Å²) in [6, 6.07) is 0. The molecular weight excluding hydrogens is 109 g/mol. The zero-order chi connectivity index (χ0) is 6.74. The van der Waals surface area contributed by atoms with E-state index >= 15 is 0 Å². The van der Waals surface area contributed by atoms with Gasteiger partial charge in [-0.3, -0.25) is 0 Å². The Morgan fingerprint density at radius 2 is 2.00 bits per heavy atom. The molecule has 0 atom stereocenters. The van der Waals surface area contributed by atoms with Gasteiger partial charge in [0.05, 0.1) is 6.28 Å². The van der Waals surface area contributed by atoms with Crippen LogP contribution in [-0.4, -0.2) is 12.8 Å². The highest BCUT2D eigenvalue weighted by Crippen LogP contribution is 2.23. The van der Waals surface area contributed by atoms with Crippen molar-refractivity contribution in [2.75, 3.05) is 6.54 Å². The Bertz CT molecular complexity index is 80.9. The van der Waals surface area contributed by atoms with Crippen molar-refractivity contribution in [3.8, 4) is 0 Å². The molecule has 1 heterocycles. The summed E-state index contributed by atoms with van der Waals surface area (Å²) in [6.07, 6.45) is 5.49. The Hall–Kier alpha value is 0.0249. The monoisotopic (exact) mass is 126 g/mol. The summed E-state index contributed by atoms with van der Waals surface area (Å²) >= 11 is 0. The van der Waals surface area contributed by atoms with Gasteiger partial charge in [0.25, 0.3) is 0 Å². The summed E-state index contributed by atoms with van der Waals surface area (Å²) in [4.78, 5) is 0. The van der Waals surface area contributed by atoms with Crippen molar-refractivity contribution in [2.45, 2.75) is 39.2 Å². The predicted molar refractivity (Wildman–Crippen MR) is 44.1 cm³/mol. The SMILES string of the molecule is CC[B-]1(CC)CCCN1. The Balaban J connectivity index is 2.45. The molecule has 0 spiro atoms. The van der Waals surface area contributed by atoms with Gasteiger partial charge in [0.1, 0.15) is 0 Å². The minimum atomic E-state index is -0.0833. The molecule has 1 saturated heterocycles. The number of hydrogen-bond acceptors (Lipinski definition) is 1. The van der Waals surface area contributed by atoms with Crippen LogP contribution in [0.4, 0.5) is 0 Å². The van der Waals surface area contributed by atoms with Crippen molar-refractivity contribution in [2.24, 2.45) is 0 Å². The molecule has 2 heteroatoms. The van der Waals surface area contributed by atoms with E-state index in [1.165, 1.54) is 31.9 Å².